The van der Waals surface area contributed by atoms with Gasteiger partial charge in [0.05, 0.1) is 12.6 Å². The molecule has 27 heavy (non-hydrogen) atoms. The zero-order valence-corrected chi connectivity index (χ0v) is 15.8. The number of piperidine rings is 1. The molecule has 6 heteroatoms. The fraction of sp³-hybridized carbons (Fsp3) is 0.429. The Morgan fingerprint density at radius 2 is 1.96 bits per heavy atom. The van der Waals surface area contributed by atoms with Gasteiger partial charge < -0.3 is 19.5 Å². The topological polar surface area (TPSA) is 63.6 Å². The van der Waals surface area contributed by atoms with Gasteiger partial charge in [-0.05, 0) is 37.0 Å². The molecular weight excluding hydrogens is 342 g/mol. The van der Waals surface area contributed by atoms with Gasteiger partial charge in [-0.2, -0.15) is 0 Å². The number of amides is 2. The SMILES string of the molecule is CCOC1CCCN(C(=O)NCc2ccc(Cn3ccccc3=O)cc2)C1. The lowest BCUT2D eigenvalue weighted by molar-refractivity contribution is 0.0164. The number of hydrogen-bond acceptors (Lipinski definition) is 3. The second kappa shape index (κ2) is 9.37. The van der Waals surface area contributed by atoms with Crippen LogP contribution in [0.25, 0.3) is 0 Å². The molecule has 2 amide bonds. The Labute approximate surface area is 159 Å². The Hall–Kier alpha value is -2.60. The van der Waals surface area contributed by atoms with Gasteiger partial charge in [0.2, 0.25) is 0 Å². The molecule has 1 aromatic heterocycles. The van der Waals surface area contributed by atoms with E-state index in [4.69, 9.17) is 4.74 Å². The summed E-state index contributed by atoms with van der Waals surface area (Å²) in [7, 11) is 0. The second-order valence-corrected chi connectivity index (χ2v) is 6.81. The van der Waals surface area contributed by atoms with Crippen molar-refractivity contribution >= 4 is 6.03 Å². The molecule has 0 saturated carbocycles. The quantitative estimate of drug-likeness (QED) is 0.851. The zero-order valence-electron chi connectivity index (χ0n) is 15.8. The number of aromatic nitrogens is 1. The first-order valence-electron chi connectivity index (χ1n) is 9.53. The van der Waals surface area contributed by atoms with Crippen molar-refractivity contribution in [2.24, 2.45) is 0 Å². The summed E-state index contributed by atoms with van der Waals surface area (Å²) in [6.45, 7) is 5.13. The second-order valence-electron chi connectivity index (χ2n) is 6.81. The van der Waals surface area contributed by atoms with E-state index < -0.39 is 0 Å². The van der Waals surface area contributed by atoms with Crippen molar-refractivity contribution in [2.45, 2.75) is 39.0 Å². The zero-order chi connectivity index (χ0) is 19.1. The van der Waals surface area contributed by atoms with E-state index in [2.05, 4.69) is 5.32 Å². The van der Waals surface area contributed by atoms with E-state index in [1.807, 2.05) is 42.2 Å². The number of carbonyl (C=O) groups is 1. The van der Waals surface area contributed by atoms with Crippen LogP contribution in [0.3, 0.4) is 0 Å². The van der Waals surface area contributed by atoms with Crippen molar-refractivity contribution in [3.05, 3.63) is 70.1 Å². The van der Waals surface area contributed by atoms with Gasteiger partial charge in [-0.3, -0.25) is 4.79 Å². The largest absolute Gasteiger partial charge is 0.377 e. The van der Waals surface area contributed by atoms with Gasteiger partial charge in [0.15, 0.2) is 0 Å². The minimum Gasteiger partial charge on any atom is -0.377 e. The predicted molar refractivity (Wildman–Crippen MR) is 105 cm³/mol. The molecular formula is C21H27N3O3. The molecule has 2 aromatic rings. The standard InChI is InChI=1S/C21H27N3O3/c1-2-27-19-6-5-13-24(16-19)21(26)22-14-17-8-10-18(11-9-17)15-23-12-4-3-7-20(23)25/h3-4,7-12,19H,2,5-6,13-16H2,1H3,(H,22,26). The number of hydrogen-bond donors (Lipinski definition) is 1. The first-order chi connectivity index (χ1) is 13.2. The van der Waals surface area contributed by atoms with Crippen molar-refractivity contribution < 1.29 is 9.53 Å². The molecule has 1 unspecified atom stereocenters. The first kappa shape index (κ1) is 19.2. The third-order valence-corrected chi connectivity index (χ3v) is 4.79. The Bertz CT molecular complexity index is 799. The van der Waals surface area contributed by atoms with Gasteiger partial charge in [0.25, 0.3) is 5.56 Å². The van der Waals surface area contributed by atoms with Crippen LogP contribution < -0.4 is 10.9 Å². The fourth-order valence-electron chi connectivity index (χ4n) is 3.33. The monoisotopic (exact) mass is 369 g/mol. The number of urea groups is 1. The summed E-state index contributed by atoms with van der Waals surface area (Å²) in [6.07, 6.45) is 3.93. The molecule has 3 rings (SSSR count). The molecule has 144 valence electrons. The fourth-order valence-corrected chi connectivity index (χ4v) is 3.33. The van der Waals surface area contributed by atoms with E-state index >= 15 is 0 Å². The smallest absolute Gasteiger partial charge is 0.317 e. The van der Waals surface area contributed by atoms with Crippen molar-refractivity contribution in [3.63, 3.8) is 0 Å². The van der Waals surface area contributed by atoms with Gasteiger partial charge >= 0.3 is 6.03 Å². The summed E-state index contributed by atoms with van der Waals surface area (Å²) in [6, 6.07) is 13.1. The van der Waals surface area contributed by atoms with Gasteiger partial charge in [-0.15, -0.1) is 0 Å². The number of rotatable bonds is 6. The molecule has 1 saturated heterocycles. The van der Waals surface area contributed by atoms with Crippen LogP contribution in [0, 0.1) is 0 Å². The normalized spacial score (nSPS) is 16.9. The maximum atomic E-state index is 12.4. The first-order valence-corrected chi connectivity index (χ1v) is 9.53. The molecule has 1 N–H and O–H groups in total. The van der Waals surface area contributed by atoms with Crippen molar-refractivity contribution in [3.8, 4) is 0 Å². The molecule has 1 aliphatic rings. The lowest BCUT2D eigenvalue weighted by Crippen LogP contribution is -2.47. The number of carbonyl (C=O) groups excluding carboxylic acids is 1. The maximum absolute atomic E-state index is 12.4. The van der Waals surface area contributed by atoms with Gasteiger partial charge in [-0.1, -0.05) is 30.3 Å². The minimum absolute atomic E-state index is 0.0132. The highest BCUT2D eigenvalue weighted by Crippen LogP contribution is 2.13. The van der Waals surface area contributed by atoms with E-state index in [1.54, 1.807) is 22.9 Å². The maximum Gasteiger partial charge on any atom is 0.317 e. The molecule has 0 aliphatic carbocycles. The average molecular weight is 369 g/mol. The van der Waals surface area contributed by atoms with E-state index in [1.165, 1.54) is 0 Å². The van der Waals surface area contributed by atoms with E-state index in [0.29, 0.717) is 26.2 Å². The van der Waals surface area contributed by atoms with Crippen LogP contribution in [-0.2, 0) is 17.8 Å². The van der Waals surface area contributed by atoms with E-state index in [-0.39, 0.29) is 17.7 Å². The molecule has 6 nitrogen and oxygen atoms in total. The molecule has 0 bridgehead atoms. The summed E-state index contributed by atoms with van der Waals surface area (Å²) >= 11 is 0. The molecule has 0 radical (unpaired) electrons. The van der Waals surface area contributed by atoms with Crippen LogP contribution in [0.1, 0.15) is 30.9 Å². The highest BCUT2D eigenvalue weighted by atomic mass is 16.5. The van der Waals surface area contributed by atoms with E-state index in [0.717, 1.165) is 30.5 Å². The molecule has 0 spiro atoms. The molecule has 1 aliphatic heterocycles. The van der Waals surface area contributed by atoms with Crippen LogP contribution in [0.5, 0.6) is 0 Å². The highest BCUT2D eigenvalue weighted by Gasteiger charge is 2.23. The van der Waals surface area contributed by atoms with Crippen LogP contribution in [0.15, 0.2) is 53.5 Å². The number of benzene rings is 1. The highest BCUT2D eigenvalue weighted by molar-refractivity contribution is 5.74. The van der Waals surface area contributed by atoms with Gasteiger partial charge in [-0.25, -0.2) is 4.79 Å². The number of nitrogens with zero attached hydrogens (tertiary/aromatic N) is 2. The van der Waals surface area contributed by atoms with Crippen LogP contribution >= 0.6 is 0 Å². The Morgan fingerprint density at radius 1 is 1.19 bits per heavy atom. The van der Waals surface area contributed by atoms with Gasteiger partial charge in [0, 0.05) is 38.5 Å². The van der Waals surface area contributed by atoms with Crippen LogP contribution in [0.4, 0.5) is 4.79 Å². The van der Waals surface area contributed by atoms with E-state index in [9.17, 15) is 9.59 Å². The third kappa shape index (κ3) is 5.44. The lowest BCUT2D eigenvalue weighted by atomic mass is 10.1. The number of nitrogens with one attached hydrogen (secondary N) is 1. The Balaban J connectivity index is 1.50. The summed E-state index contributed by atoms with van der Waals surface area (Å²) in [5.41, 5.74) is 2.07. The van der Waals surface area contributed by atoms with Gasteiger partial charge in [0.1, 0.15) is 0 Å². The number of likely N-dealkylation sites (tertiary alicyclic amines) is 1. The average Bonchev–Trinajstić information content (AvgIpc) is 2.69. The molecule has 1 aromatic carbocycles. The summed E-state index contributed by atoms with van der Waals surface area (Å²) < 4.78 is 7.32. The number of ether oxygens (including phenoxy) is 1. The predicted octanol–water partition coefficient (Wildman–Crippen LogP) is 2.61. The summed E-state index contributed by atoms with van der Waals surface area (Å²) in [5, 5.41) is 2.99. The Kier molecular flexibility index (Phi) is 6.65. The van der Waals surface area contributed by atoms with Crippen LogP contribution in [-0.4, -0.2) is 41.3 Å². The lowest BCUT2D eigenvalue weighted by Gasteiger charge is -2.32. The third-order valence-electron chi connectivity index (χ3n) is 4.79. The van der Waals surface area contributed by atoms with Crippen molar-refractivity contribution in [1.82, 2.24) is 14.8 Å². The van der Waals surface area contributed by atoms with Crippen LogP contribution in [0.2, 0.25) is 0 Å². The Morgan fingerprint density at radius 3 is 2.70 bits per heavy atom. The van der Waals surface area contributed by atoms with Crippen molar-refractivity contribution in [1.29, 1.82) is 0 Å². The minimum atomic E-state index is -0.0423. The summed E-state index contributed by atoms with van der Waals surface area (Å²) in [4.78, 5) is 26.0. The molecule has 1 atom stereocenters. The molecule has 1 fully saturated rings. The molecule has 2 heterocycles. The summed E-state index contributed by atoms with van der Waals surface area (Å²) in [5.74, 6) is 0. The number of pyridine rings is 1. The van der Waals surface area contributed by atoms with Crippen molar-refractivity contribution in [2.75, 3.05) is 19.7 Å².